The average molecular weight is 279 g/mol. The normalized spacial score (nSPS) is 10.7. The van der Waals surface area contributed by atoms with Gasteiger partial charge in [0, 0.05) is 16.3 Å². The monoisotopic (exact) mass is 279 g/mol. The van der Waals surface area contributed by atoms with Gasteiger partial charge < -0.3 is 14.5 Å². The van der Waals surface area contributed by atoms with Crippen LogP contribution in [0.25, 0.3) is 0 Å². The highest BCUT2D eigenvalue weighted by Crippen LogP contribution is 2.20. The molecule has 0 aliphatic carbocycles. The molecule has 0 radical (unpaired) electrons. The van der Waals surface area contributed by atoms with Crippen molar-refractivity contribution in [1.82, 2.24) is 5.32 Å². The van der Waals surface area contributed by atoms with Crippen molar-refractivity contribution >= 4 is 17.3 Å². The van der Waals surface area contributed by atoms with Gasteiger partial charge in [-0.2, -0.15) is 0 Å². The molecular formula is C14H17NO3S. The molecule has 0 aliphatic rings. The number of carbonyl (C=O) groups excluding carboxylic acids is 1. The molecule has 5 heteroatoms. The third kappa shape index (κ3) is 3.45. The molecule has 0 saturated heterocycles. The third-order valence-electron chi connectivity index (χ3n) is 2.86. The Labute approximate surface area is 116 Å². The summed E-state index contributed by atoms with van der Waals surface area (Å²) in [5.41, 5.74) is 1.33. The number of methoxy groups -OCH3 is 1. The molecule has 2 aromatic rings. The van der Waals surface area contributed by atoms with E-state index in [2.05, 4.69) is 30.0 Å². The van der Waals surface area contributed by atoms with Crippen LogP contribution in [0.3, 0.4) is 0 Å². The Kier molecular flexibility index (Phi) is 4.39. The molecule has 0 amide bonds. The van der Waals surface area contributed by atoms with Crippen LogP contribution in [-0.4, -0.2) is 13.1 Å². The Hall–Kier alpha value is -1.59. The topological polar surface area (TPSA) is 51.5 Å². The molecule has 1 N–H and O–H groups in total. The quantitative estimate of drug-likeness (QED) is 0.855. The molecule has 0 aliphatic heterocycles. The molecule has 19 heavy (non-hydrogen) atoms. The zero-order valence-electron chi connectivity index (χ0n) is 11.3. The van der Waals surface area contributed by atoms with Gasteiger partial charge in [-0.05, 0) is 37.6 Å². The summed E-state index contributed by atoms with van der Waals surface area (Å²) in [6, 6.07) is 5.60. The van der Waals surface area contributed by atoms with E-state index in [0.717, 1.165) is 12.3 Å². The molecule has 4 nitrogen and oxygen atoms in total. The molecule has 102 valence electrons. The predicted octanol–water partition coefficient (Wildman–Crippen LogP) is 3.03. The van der Waals surface area contributed by atoms with E-state index in [0.29, 0.717) is 6.54 Å². The van der Waals surface area contributed by atoms with Crippen LogP contribution < -0.4 is 5.32 Å². The summed E-state index contributed by atoms with van der Waals surface area (Å²) in [6.45, 7) is 5.63. The van der Waals surface area contributed by atoms with Gasteiger partial charge in [-0.1, -0.05) is 0 Å². The van der Waals surface area contributed by atoms with E-state index >= 15 is 0 Å². The fourth-order valence-corrected chi connectivity index (χ4v) is 2.75. The molecule has 2 heterocycles. The summed E-state index contributed by atoms with van der Waals surface area (Å²) in [5, 5.41) is 3.29. The van der Waals surface area contributed by atoms with Crippen molar-refractivity contribution in [2.75, 3.05) is 7.11 Å². The maximum Gasteiger partial charge on any atom is 0.373 e. The fourth-order valence-electron chi connectivity index (χ4n) is 1.73. The molecule has 2 aromatic heterocycles. The summed E-state index contributed by atoms with van der Waals surface area (Å²) >= 11 is 1.80. The smallest absolute Gasteiger partial charge is 0.373 e. The van der Waals surface area contributed by atoms with Crippen molar-refractivity contribution in [1.29, 1.82) is 0 Å². The third-order valence-corrected chi connectivity index (χ3v) is 4.02. The van der Waals surface area contributed by atoms with Crippen LogP contribution in [0.1, 0.15) is 31.6 Å². The SMILES string of the molecule is COC(=O)c1ccc(CNCc2cc(C)c(C)s2)o1. The van der Waals surface area contributed by atoms with E-state index in [1.807, 2.05) is 0 Å². The minimum atomic E-state index is -0.448. The minimum Gasteiger partial charge on any atom is -0.463 e. The lowest BCUT2D eigenvalue weighted by molar-refractivity contribution is 0.0563. The van der Waals surface area contributed by atoms with Gasteiger partial charge in [0.25, 0.3) is 0 Å². The average Bonchev–Trinajstić information content (AvgIpc) is 2.97. The Morgan fingerprint density at radius 2 is 2.16 bits per heavy atom. The number of hydrogen-bond donors (Lipinski definition) is 1. The fraction of sp³-hybridized carbons (Fsp3) is 0.357. The van der Waals surface area contributed by atoms with Crippen molar-refractivity contribution in [3.63, 3.8) is 0 Å². The number of aryl methyl sites for hydroxylation is 2. The Balaban J connectivity index is 1.85. The summed E-state index contributed by atoms with van der Waals surface area (Å²) in [7, 11) is 1.34. The lowest BCUT2D eigenvalue weighted by Gasteiger charge is -2.00. The second kappa shape index (κ2) is 6.04. The number of carbonyl (C=O) groups is 1. The first-order valence-corrected chi connectivity index (χ1v) is 6.85. The van der Waals surface area contributed by atoms with Crippen LogP contribution in [0.2, 0.25) is 0 Å². The van der Waals surface area contributed by atoms with Crippen LogP contribution in [0.4, 0.5) is 0 Å². The lowest BCUT2D eigenvalue weighted by Crippen LogP contribution is -2.11. The second-order valence-electron chi connectivity index (χ2n) is 4.31. The Bertz CT molecular complexity index is 552. The highest BCUT2D eigenvalue weighted by Gasteiger charge is 2.10. The van der Waals surface area contributed by atoms with E-state index in [-0.39, 0.29) is 5.76 Å². The van der Waals surface area contributed by atoms with Crippen LogP contribution in [-0.2, 0) is 17.8 Å². The van der Waals surface area contributed by atoms with Gasteiger partial charge in [-0.3, -0.25) is 0 Å². The lowest BCUT2D eigenvalue weighted by atomic mass is 10.3. The Morgan fingerprint density at radius 1 is 1.37 bits per heavy atom. The van der Waals surface area contributed by atoms with E-state index < -0.39 is 5.97 Å². The van der Waals surface area contributed by atoms with Gasteiger partial charge in [-0.15, -0.1) is 11.3 Å². The number of hydrogen-bond acceptors (Lipinski definition) is 5. The van der Waals surface area contributed by atoms with Crippen LogP contribution >= 0.6 is 11.3 Å². The van der Waals surface area contributed by atoms with Gasteiger partial charge in [0.2, 0.25) is 5.76 Å². The molecule has 2 rings (SSSR count). The number of thiophene rings is 1. The van der Waals surface area contributed by atoms with Gasteiger partial charge in [0.05, 0.1) is 13.7 Å². The number of esters is 1. The van der Waals surface area contributed by atoms with E-state index in [9.17, 15) is 4.79 Å². The van der Waals surface area contributed by atoms with Gasteiger partial charge >= 0.3 is 5.97 Å². The molecule has 0 saturated carbocycles. The van der Waals surface area contributed by atoms with Crippen molar-refractivity contribution in [2.45, 2.75) is 26.9 Å². The summed E-state index contributed by atoms with van der Waals surface area (Å²) < 4.78 is 9.96. The predicted molar refractivity (Wildman–Crippen MR) is 74.4 cm³/mol. The Morgan fingerprint density at radius 3 is 2.79 bits per heavy atom. The van der Waals surface area contributed by atoms with E-state index in [1.165, 1.54) is 22.4 Å². The number of ether oxygens (including phenoxy) is 1. The molecule has 0 atom stereocenters. The molecule has 0 bridgehead atoms. The van der Waals surface area contributed by atoms with E-state index in [1.54, 1.807) is 23.5 Å². The molecule has 0 fully saturated rings. The largest absolute Gasteiger partial charge is 0.463 e. The molecule has 0 spiro atoms. The molecular weight excluding hydrogens is 262 g/mol. The zero-order valence-corrected chi connectivity index (χ0v) is 12.1. The van der Waals surface area contributed by atoms with Crippen LogP contribution in [0.15, 0.2) is 22.6 Å². The number of nitrogens with one attached hydrogen (secondary N) is 1. The first-order chi connectivity index (χ1) is 9.10. The maximum absolute atomic E-state index is 11.2. The van der Waals surface area contributed by atoms with E-state index in [4.69, 9.17) is 4.42 Å². The first kappa shape index (κ1) is 13.8. The molecule has 0 aromatic carbocycles. The van der Waals surface area contributed by atoms with Crippen molar-refractivity contribution < 1.29 is 13.9 Å². The summed E-state index contributed by atoms with van der Waals surface area (Å²) in [6.07, 6.45) is 0. The number of rotatable bonds is 5. The van der Waals surface area contributed by atoms with Gasteiger partial charge in [-0.25, -0.2) is 4.79 Å². The van der Waals surface area contributed by atoms with Crippen molar-refractivity contribution in [3.8, 4) is 0 Å². The number of furan rings is 1. The first-order valence-electron chi connectivity index (χ1n) is 6.04. The van der Waals surface area contributed by atoms with Crippen molar-refractivity contribution in [3.05, 3.63) is 45.0 Å². The minimum absolute atomic E-state index is 0.238. The van der Waals surface area contributed by atoms with Gasteiger partial charge in [0.1, 0.15) is 5.76 Å². The highest BCUT2D eigenvalue weighted by atomic mass is 32.1. The maximum atomic E-state index is 11.2. The van der Waals surface area contributed by atoms with Crippen molar-refractivity contribution in [2.24, 2.45) is 0 Å². The zero-order chi connectivity index (χ0) is 13.8. The van der Waals surface area contributed by atoms with Crippen LogP contribution in [0.5, 0.6) is 0 Å². The summed E-state index contributed by atoms with van der Waals surface area (Å²) in [5.74, 6) is 0.517. The van der Waals surface area contributed by atoms with Gasteiger partial charge in [0.15, 0.2) is 0 Å². The summed E-state index contributed by atoms with van der Waals surface area (Å²) in [4.78, 5) is 13.9. The molecule has 0 unspecified atom stereocenters. The standard InChI is InChI=1S/C14H17NO3S/c1-9-6-12(19-10(9)2)8-15-7-11-4-5-13(18-11)14(16)17-3/h4-6,15H,7-8H2,1-3H3. The van der Waals surface area contributed by atoms with Crippen LogP contribution in [0, 0.1) is 13.8 Å². The second-order valence-corrected chi connectivity index (χ2v) is 5.65. The highest BCUT2D eigenvalue weighted by molar-refractivity contribution is 7.12.